The minimum Gasteiger partial charge on any atom is -0.495 e. The Morgan fingerprint density at radius 2 is 2.00 bits per heavy atom. The van der Waals surface area contributed by atoms with E-state index in [1.807, 2.05) is 18.2 Å². The highest BCUT2D eigenvalue weighted by atomic mass is 35.5. The number of aliphatic imine (C=N–C) groups is 1. The van der Waals surface area contributed by atoms with Gasteiger partial charge in [0.2, 0.25) is 0 Å². The second-order valence-electron chi connectivity index (χ2n) is 10.1. The zero-order valence-corrected chi connectivity index (χ0v) is 19.9. The number of hydrogen-bond acceptors (Lipinski definition) is 5. The second kappa shape index (κ2) is 8.88. The highest BCUT2D eigenvalue weighted by Gasteiger charge is 2.50. The molecule has 0 aromatic heterocycles. The number of nitrogens with zero attached hydrogens (tertiary/aromatic N) is 3. The van der Waals surface area contributed by atoms with E-state index in [1.165, 1.54) is 25.8 Å². The van der Waals surface area contributed by atoms with Crippen molar-refractivity contribution in [2.45, 2.75) is 76.8 Å². The predicted molar refractivity (Wildman–Crippen MR) is 128 cm³/mol. The molecule has 0 bridgehead atoms. The van der Waals surface area contributed by atoms with Gasteiger partial charge in [0.1, 0.15) is 11.6 Å². The van der Waals surface area contributed by atoms with Crippen LogP contribution in [0.2, 0.25) is 5.02 Å². The maximum atomic E-state index is 10.0. The van der Waals surface area contributed by atoms with Crippen LogP contribution in [0.4, 0.5) is 0 Å². The molecule has 4 aliphatic rings. The molecule has 174 valence electrons. The fourth-order valence-corrected chi connectivity index (χ4v) is 5.80. The number of methoxy groups -OCH3 is 1. The molecule has 6 nitrogen and oxygen atoms in total. The molecule has 2 N–H and O–H groups in total. The first-order valence-corrected chi connectivity index (χ1v) is 12.4. The quantitative estimate of drug-likeness (QED) is 0.694. The summed E-state index contributed by atoms with van der Waals surface area (Å²) in [7, 11) is 1.63. The molecule has 2 heterocycles. The Labute approximate surface area is 196 Å². The minimum absolute atomic E-state index is 0.136. The number of rotatable bonds is 5. The third-order valence-electron chi connectivity index (χ3n) is 7.76. The van der Waals surface area contributed by atoms with Crippen molar-refractivity contribution in [3.05, 3.63) is 40.6 Å². The van der Waals surface area contributed by atoms with Gasteiger partial charge in [-0.05, 0) is 75.0 Å². The lowest BCUT2D eigenvalue weighted by atomic mass is 9.91. The van der Waals surface area contributed by atoms with Crippen molar-refractivity contribution < 1.29 is 9.84 Å². The molecule has 0 radical (unpaired) electrons. The van der Waals surface area contributed by atoms with Gasteiger partial charge in [-0.25, -0.2) is 0 Å². The molecule has 2 aliphatic heterocycles. The number of aliphatic hydroxyl groups is 1. The van der Waals surface area contributed by atoms with Crippen LogP contribution in [-0.2, 0) is 6.54 Å². The standard InChI is InChI=1S/C25H35ClN4O2/c1-17-15-30(19-4-6-20(31)7-5-19)24(29-12-11-25(16-29)9-10-25)28-23(17)27-14-18-3-8-22(32-2)21(26)13-18/h3,8,13,15,19-20,24,31H,4-7,9-12,14,16H2,1-2H3,(H,27,28). The van der Waals surface area contributed by atoms with E-state index in [0.717, 1.165) is 49.2 Å². The summed E-state index contributed by atoms with van der Waals surface area (Å²) in [6, 6.07) is 6.31. The van der Waals surface area contributed by atoms with Gasteiger partial charge in [0.15, 0.2) is 6.29 Å². The summed E-state index contributed by atoms with van der Waals surface area (Å²) in [5, 5.41) is 14.4. The molecule has 7 heteroatoms. The third kappa shape index (κ3) is 4.50. The summed E-state index contributed by atoms with van der Waals surface area (Å²) >= 11 is 6.31. The van der Waals surface area contributed by atoms with Gasteiger partial charge in [-0.3, -0.25) is 9.89 Å². The van der Waals surface area contributed by atoms with Crippen LogP contribution in [0, 0.1) is 5.41 Å². The fourth-order valence-electron chi connectivity index (χ4n) is 5.52. The molecular formula is C25H35ClN4O2. The van der Waals surface area contributed by atoms with E-state index in [1.54, 1.807) is 7.11 Å². The first-order chi connectivity index (χ1) is 15.5. The van der Waals surface area contributed by atoms with Crippen molar-refractivity contribution in [3.8, 4) is 5.75 Å². The zero-order valence-electron chi connectivity index (χ0n) is 19.2. The molecule has 5 rings (SSSR count). The molecule has 1 unspecified atom stereocenters. The summed E-state index contributed by atoms with van der Waals surface area (Å²) in [4.78, 5) is 10.1. The average Bonchev–Trinajstić information content (AvgIpc) is 3.42. The first kappa shape index (κ1) is 22.1. The fraction of sp³-hybridized carbons (Fsp3) is 0.640. The van der Waals surface area contributed by atoms with Crippen LogP contribution in [0.5, 0.6) is 5.75 Å². The first-order valence-electron chi connectivity index (χ1n) is 12.0. The van der Waals surface area contributed by atoms with Crippen LogP contribution in [0.25, 0.3) is 0 Å². The van der Waals surface area contributed by atoms with Crippen molar-refractivity contribution in [1.82, 2.24) is 15.1 Å². The van der Waals surface area contributed by atoms with Crippen molar-refractivity contribution in [3.63, 3.8) is 0 Å². The second-order valence-corrected chi connectivity index (χ2v) is 10.5. The molecule has 32 heavy (non-hydrogen) atoms. The van der Waals surface area contributed by atoms with E-state index in [2.05, 4.69) is 28.2 Å². The maximum Gasteiger partial charge on any atom is 0.159 e. The Balaban J connectivity index is 1.36. The largest absolute Gasteiger partial charge is 0.495 e. The number of amidine groups is 1. The van der Waals surface area contributed by atoms with E-state index in [9.17, 15) is 5.11 Å². The van der Waals surface area contributed by atoms with Crippen LogP contribution < -0.4 is 10.1 Å². The Kier molecular flexibility index (Phi) is 6.12. The zero-order chi connectivity index (χ0) is 22.3. The van der Waals surface area contributed by atoms with Crippen molar-refractivity contribution in [2.75, 3.05) is 20.2 Å². The average molecular weight is 459 g/mol. The Morgan fingerprint density at radius 1 is 1.22 bits per heavy atom. The number of aliphatic hydroxyl groups excluding tert-OH is 1. The Hall–Kier alpha value is -1.76. The van der Waals surface area contributed by atoms with Crippen LogP contribution in [0.15, 0.2) is 35.0 Å². The van der Waals surface area contributed by atoms with E-state index in [-0.39, 0.29) is 12.4 Å². The molecule has 1 spiro atoms. The summed E-state index contributed by atoms with van der Waals surface area (Å²) in [6.45, 7) is 5.02. The molecule has 0 amide bonds. The molecule has 3 fully saturated rings. The van der Waals surface area contributed by atoms with Gasteiger partial charge in [0.25, 0.3) is 0 Å². The van der Waals surface area contributed by atoms with Crippen LogP contribution >= 0.6 is 11.6 Å². The number of nitrogens with one attached hydrogen (secondary N) is 1. The topological polar surface area (TPSA) is 60.3 Å². The third-order valence-corrected chi connectivity index (χ3v) is 8.05. The summed E-state index contributed by atoms with van der Waals surface area (Å²) in [5.41, 5.74) is 2.80. The van der Waals surface area contributed by atoms with Crippen LogP contribution in [0.3, 0.4) is 0 Å². The lowest BCUT2D eigenvalue weighted by Crippen LogP contribution is -2.61. The SMILES string of the molecule is COc1ccc(CN=C2NC(N3CCC4(CC4)C3)N(C3CCC(O)CC3)C=C2C)cc1Cl. The molecule has 2 saturated carbocycles. The van der Waals surface area contributed by atoms with Gasteiger partial charge in [-0.2, -0.15) is 0 Å². The number of benzene rings is 1. The molecule has 2 aliphatic carbocycles. The highest BCUT2D eigenvalue weighted by Crippen LogP contribution is 2.53. The number of ether oxygens (including phenoxy) is 1. The van der Waals surface area contributed by atoms with Gasteiger partial charge >= 0.3 is 0 Å². The number of likely N-dealkylation sites (tertiary alicyclic amines) is 1. The molecule has 1 aromatic rings. The predicted octanol–water partition coefficient (Wildman–Crippen LogP) is 4.13. The molecule has 1 saturated heterocycles. The van der Waals surface area contributed by atoms with E-state index in [0.29, 0.717) is 28.8 Å². The van der Waals surface area contributed by atoms with Gasteiger partial charge < -0.3 is 20.1 Å². The smallest absolute Gasteiger partial charge is 0.159 e. The van der Waals surface area contributed by atoms with Gasteiger partial charge in [-0.1, -0.05) is 17.7 Å². The van der Waals surface area contributed by atoms with Gasteiger partial charge in [-0.15, -0.1) is 0 Å². The van der Waals surface area contributed by atoms with Gasteiger partial charge in [0, 0.05) is 30.9 Å². The highest BCUT2D eigenvalue weighted by molar-refractivity contribution is 6.32. The lowest BCUT2D eigenvalue weighted by molar-refractivity contribution is 0.0143. The van der Waals surface area contributed by atoms with E-state index in [4.69, 9.17) is 21.3 Å². The van der Waals surface area contributed by atoms with E-state index < -0.39 is 0 Å². The summed E-state index contributed by atoms with van der Waals surface area (Å²) < 4.78 is 5.26. The summed E-state index contributed by atoms with van der Waals surface area (Å²) in [5.74, 6) is 1.65. The minimum atomic E-state index is -0.137. The van der Waals surface area contributed by atoms with Gasteiger partial charge in [0.05, 0.1) is 24.8 Å². The Morgan fingerprint density at radius 3 is 2.66 bits per heavy atom. The molecule has 1 aromatic carbocycles. The molecule has 1 atom stereocenters. The van der Waals surface area contributed by atoms with Crippen molar-refractivity contribution in [2.24, 2.45) is 10.4 Å². The Bertz CT molecular complexity index is 905. The lowest BCUT2D eigenvalue weighted by Gasteiger charge is -2.47. The maximum absolute atomic E-state index is 10.0. The summed E-state index contributed by atoms with van der Waals surface area (Å²) in [6.07, 6.45) is 10.2. The van der Waals surface area contributed by atoms with Crippen LogP contribution in [-0.4, -0.2) is 59.4 Å². The monoisotopic (exact) mass is 458 g/mol. The van der Waals surface area contributed by atoms with Crippen molar-refractivity contribution in [1.29, 1.82) is 0 Å². The normalized spacial score (nSPS) is 31.0. The van der Waals surface area contributed by atoms with Crippen LogP contribution in [0.1, 0.15) is 57.4 Å². The van der Waals surface area contributed by atoms with E-state index >= 15 is 0 Å². The molecular weight excluding hydrogens is 424 g/mol. The number of hydrogen-bond donors (Lipinski definition) is 2. The van der Waals surface area contributed by atoms with Crippen molar-refractivity contribution >= 4 is 17.4 Å². The number of halogens is 1.